The molecule has 2 rings (SSSR count). The van der Waals surface area contributed by atoms with E-state index in [1.807, 2.05) is 35.0 Å². The molecule has 0 unspecified atom stereocenters. The van der Waals surface area contributed by atoms with Crippen LogP contribution in [0.3, 0.4) is 0 Å². The Bertz CT molecular complexity index is 363. The van der Waals surface area contributed by atoms with Gasteiger partial charge in [0.25, 0.3) is 0 Å². The highest BCUT2D eigenvalue weighted by Crippen LogP contribution is 2.00. The highest BCUT2D eigenvalue weighted by atomic mass is 32.1. The van der Waals surface area contributed by atoms with Crippen LogP contribution in [0.1, 0.15) is 0 Å². The van der Waals surface area contributed by atoms with E-state index in [1.54, 1.807) is 0 Å². The van der Waals surface area contributed by atoms with Crippen LogP contribution < -0.4 is 0 Å². The van der Waals surface area contributed by atoms with Crippen molar-refractivity contribution in [3.63, 3.8) is 0 Å². The van der Waals surface area contributed by atoms with Crippen molar-refractivity contribution in [3.8, 4) is 0 Å². The van der Waals surface area contributed by atoms with Gasteiger partial charge in [0.2, 0.25) is 0 Å². The minimum absolute atomic E-state index is 0.770. The van der Waals surface area contributed by atoms with Gasteiger partial charge in [-0.15, -0.1) is 0 Å². The van der Waals surface area contributed by atoms with Crippen LogP contribution in [0.15, 0.2) is 30.5 Å². The Balaban J connectivity index is 3.01. The number of hydrogen-bond acceptors (Lipinski definition) is 1. The largest absolute Gasteiger partial charge is 0.284 e. The Morgan fingerprint density at radius 2 is 2.30 bits per heavy atom. The fraction of sp³-hybridized carbons (Fsp3) is 0. The smallest absolute Gasteiger partial charge is 0.120 e. The Hall–Kier alpha value is -1.09. The molecule has 0 aliphatic rings. The fourth-order valence-corrected chi connectivity index (χ4v) is 1.18. The summed E-state index contributed by atoms with van der Waals surface area (Å²) in [4.78, 5) is 0. The van der Waals surface area contributed by atoms with Gasteiger partial charge in [0.1, 0.15) is 4.64 Å². The molecule has 0 fully saturated rings. The van der Waals surface area contributed by atoms with Crippen LogP contribution >= 0.6 is 12.2 Å². The molecular formula is C7H6N2S. The van der Waals surface area contributed by atoms with Crippen LogP contribution in [-0.2, 0) is 0 Å². The van der Waals surface area contributed by atoms with Crippen LogP contribution in [-0.4, -0.2) is 9.61 Å². The molecule has 2 heterocycles. The molecule has 1 N–H and O–H groups in total. The maximum absolute atomic E-state index is 4.94. The second kappa shape index (κ2) is 1.95. The summed E-state index contributed by atoms with van der Waals surface area (Å²) in [5.74, 6) is 0. The van der Waals surface area contributed by atoms with Crippen LogP contribution in [0.2, 0.25) is 0 Å². The highest BCUT2D eigenvalue weighted by molar-refractivity contribution is 7.71. The summed E-state index contributed by atoms with van der Waals surface area (Å²) in [6.45, 7) is 0. The van der Waals surface area contributed by atoms with Crippen molar-refractivity contribution < 1.29 is 0 Å². The number of rotatable bonds is 0. The topological polar surface area (TPSA) is 20.2 Å². The van der Waals surface area contributed by atoms with E-state index in [4.69, 9.17) is 12.2 Å². The molecule has 2 aromatic rings. The quantitative estimate of drug-likeness (QED) is 0.569. The van der Waals surface area contributed by atoms with Gasteiger partial charge >= 0.3 is 0 Å². The van der Waals surface area contributed by atoms with E-state index in [-0.39, 0.29) is 0 Å². The zero-order valence-corrected chi connectivity index (χ0v) is 6.06. The molecule has 2 aromatic heterocycles. The zero-order chi connectivity index (χ0) is 6.97. The predicted molar refractivity (Wildman–Crippen MR) is 42.6 cm³/mol. The van der Waals surface area contributed by atoms with E-state index < -0.39 is 0 Å². The maximum atomic E-state index is 4.94. The Morgan fingerprint density at radius 3 is 3.10 bits per heavy atom. The van der Waals surface area contributed by atoms with Crippen LogP contribution in [0.5, 0.6) is 0 Å². The highest BCUT2D eigenvalue weighted by Gasteiger charge is 1.87. The van der Waals surface area contributed by atoms with Crippen LogP contribution in [0.4, 0.5) is 0 Å². The third-order valence-corrected chi connectivity index (χ3v) is 1.61. The third-order valence-electron chi connectivity index (χ3n) is 1.40. The van der Waals surface area contributed by atoms with Gasteiger partial charge in [0, 0.05) is 6.20 Å². The normalized spacial score (nSPS) is 10.4. The lowest BCUT2D eigenvalue weighted by molar-refractivity contribution is 0.953. The number of pyridine rings is 1. The van der Waals surface area contributed by atoms with E-state index in [1.165, 1.54) is 0 Å². The molecule has 0 bridgehead atoms. The molecule has 0 saturated heterocycles. The van der Waals surface area contributed by atoms with E-state index in [0.717, 1.165) is 10.2 Å². The van der Waals surface area contributed by atoms with Gasteiger partial charge in [0.15, 0.2) is 0 Å². The molecule has 10 heavy (non-hydrogen) atoms. The van der Waals surface area contributed by atoms with E-state index in [9.17, 15) is 0 Å². The van der Waals surface area contributed by atoms with Crippen molar-refractivity contribution >= 4 is 17.7 Å². The molecule has 0 aromatic carbocycles. The first-order valence-corrected chi connectivity index (χ1v) is 3.43. The van der Waals surface area contributed by atoms with Crippen molar-refractivity contribution in [1.82, 2.24) is 9.61 Å². The summed E-state index contributed by atoms with van der Waals surface area (Å²) in [7, 11) is 0. The summed E-state index contributed by atoms with van der Waals surface area (Å²) in [5, 5.41) is 2.99. The van der Waals surface area contributed by atoms with Crippen LogP contribution in [0, 0.1) is 4.64 Å². The van der Waals surface area contributed by atoms with Crippen molar-refractivity contribution in [2.75, 3.05) is 0 Å². The summed E-state index contributed by atoms with van der Waals surface area (Å²) in [6, 6.07) is 7.87. The molecule has 0 saturated carbocycles. The Morgan fingerprint density at radius 1 is 1.40 bits per heavy atom. The van der Waals surface area contributed by atoms with Gasteiger partial charge in [-0.3, -0.25) is 9.61 Å². The Labute approximate surface area is 63.1 Å². The van der Waals surface area contributed by atoms with Crippen molar-refractivity contribution in [2.24, 2.45) is 0 Å². The first-order chi connectivity index (χ1) is 4.86. The minimum atomic E-state index is 0.770. The van der Waals surface area contributed by atoms with Crippen molar-refractivity contribution in [3.05, 3.63) is 35.1 Å². The van der Waals surface area contributed by atoms with Gasteiger partial charge in [-0.25, -0.2) is 0 Å². The number of aromatic amines is 1. The van der Waals surface area contributed by atoms with E-state index >= 15 is 0 Å². The molecule has 3 heteroatoms. The molecular weight excluding hydrogens is 144 g/mol. The molecule has 0 aliphatic carbocycles. The minimum Gasteiger partial charge on any atom is -0.284 e. The molecule has 0 atom stereocenters. The van der Waals surface area contributed by atoms with E-state index in [0.29, 0.717) is 0 Å². The SMILES string of the molecule is S=c1cc2ccccn2[nH]1. The molecule has 0 radical (unpaired) electrons. The van der Waals surface area contributed by atoms with Gasteiger partial charge in [0.05, 0.1) is 5.52 Å². The summed E-state index contributed by atoms with van der Waals surface area (Å²) in [5.41, 5.74) is 1.10. The number of fused-ring (bicyclic) bond motifs is 1. The van der Waals surface area contributed by atoms with Gasteiger partial charge in [-0.05, 0) is 18.2 Å². The second-order valence-electron chi connectivity index (χ2n) is 2.12. The van der Waals surface area contributed by atoms with Crippen molar-refractivity contribution in [1.29, 1.82) is 0 Å². The maximum Gasteiger partial charge on any atom is 0.120 e. The average molecular weight is 150 g/mol. The van der Waals surface area contributed by atoms with Gasteiger partial charge in [-0.2, -0.15) is 0 Å². The fourth-order valence-electron chi connectivity index (χ4n) is 0.961. The lowest BCUT2D eigenvalue weighted by atomic mass is 10.4. The Kier molecular flexibility index (Phi) is 1.11. The summed E-state index contributed by atoms with van der Waals surface area (Å²) >= 11 is 4.94. The monoisotopic (exact) mass is 150 g/mol. The first-order valence-electron chi connectivity index (χ1n) is 3.03. The number of nitrogens with zero attached hydrogens (tertiary/aromatic N) is 1. The first kappa shape index (κ1) is 5.68. The van der Waals surface area contributed by atoms with Crippen LogP contribution in [0.25, 0.3) is 5.52 Å². The standard InChI is InChI=1S/C7H6N2S/c10-7-5-6-3-1-2-4-9(6)8-7/h1-5H,(H,8,10). The second-order valence-corrected chi connectivity index (χ2v) is 2.56. The lowest BCUT2D eigenvalue weighted by Gasteiger charge is -1.88. The summed E-state index contributed by atoms with van der Waals surface area (Å²) in [6.07, 6.45) is 1.94. The number of nitrogens with one attached hydrogen (secondary N) is 1. The molecule has 0 aliphatic heterocycles. The lowest BCUT2D eigenvalue weighted by Crippen LogP contribution is -1.82. The number of H-pyrrole nitrogens is 1. The molecule has 50 valence electrons. The number of hydrogen-bond donors (Lipinski definition) is 1. The predicted octanol–water partition coefficient (Wildman–Crippen LogP) is 2.00. The number of aromatic nitrogens is 2. The summed E-state index contributed by atoms with van der Waals surface area (Å²) < 4.78 is 2.66. The van der Waals surface area contributed by atoms with Gasteiger partial charge in [-0.1, -0.05) is 18.3 Å². The molecule has 2 nitrogen and oxygen atoms in total. The van der Waals surface area contributed by atoms with E-state index in [2.05, 4.69) is 5.10 Å². The average Bonchev–Trinajstić information content (AvgIpc) is 2.27. The van der Waals surface area contributed by atoms with Gasteiger partial charge < -0.3 is 0 Å². The van der Waals surface area contributed by atoms with Crippen molar-refractivity contribution in [2.45, 2.75) is 0 Å². The third kappa shape index (κ3) is 0.752. The molecule has 0 amide bonds. The molecule has 0 spiro atoms. The zero-order valence-electron chi connectivity index (χ0n) is 5.24.